The molecule has 1 heterocycles. The van der Waals surface area contributed by atoms with E-state index < -0.39 is 0 Å². The Morgan fingerprint density at radius 1 is 1.29 bits per heavy atom. The molecule has 21 heavy (non-hydrogen) atoms. The second kappa shape index (κ2) is 6.24. The van der Waals surface area contributed by atoms with Gasteiger partial charge in [-0.2, -0.15) is 0 Å². The highest BCUT2D eigenvalue weighted by molar-refractivity contribution is 9.10. The fourth-order valence-electron chi connectivity index (χ4n) is 2.40. The van der Waals surface area contributed by atoms with Crippen LogP contribution in [0.3, 0.4) is 0 Å². The summed E-state index contributed by atoms with van der Waals surface area (Å²) in [4.78, 5) is 12.4. The van der Waals surface area contributed by atoms with Gasteiger partial charge in [0.05, 0.1) is 6.61 Å². The number of halogens is 1. The van der Waals surface area contributed by atoms with Crippen LogP contribution in [-0.4, -0.2) is 12.4 Å². The monoisotopic (exact) mass is 362 g/mol. The van der Waals surface area contributed by atoms with Gasteiger partial charge in [0.25, 0.3) is 0 Å². The number of hydrogen-bond acceptors (Lipinski definition) is 3. The van der Waals surface area contributed by atoms with Gasteiger partial charge < -0.3 is 4.74 Å². The van der Waals surface area contributed by atoms with E-state index in [0.717, 1.165) is 39.5 Å². The molecule has 0 saturated carbocycles. The van der Waals surface area contributed by atoms with Crippen LogP contribution in [0.2, 0.25) is 0 Å². The summed E-state index contributed by atoms with van der Waals surface area (Å²) in [6.45, 7) is 2.36. The van der Waals surface area contributed by atoms with Crippen molar-refractivity contribution in [3.8, 4) is 5.75 Å². The van der Waals surface area contributed by atoms with Crippen molar-refractivity contribution in [1.82, 2.24) is 0 Å². The Kier molecular flexibility index (Phi) is 4.36. The van der Waals surface area contributed by atoms with E-state index in [9.17, 15) is 4.79 Å². The van der Waals surface area contributed by atoms with Crippen molar-refractivity contribution < 1.29 is 9.53 Å². The number of thioether (sulfide) groups is 1. The number of ether oxygens (including phenoxy) is 1. The third-order valence-corrected chi connectivity index (χ3v) is 5.00. The Morgan fingerprint density at radius 3 is 2.76 bits per heavy atom. The molecule has 2 aromatic carbocycles. The molecule has 0 saturated heterocycles. The maximum absolute atomic E-state index is 11.3. The average Bonchev–Trinajstić information content (AvgIpc) is 2.93. The van der Waals surface area contributed by atoms with Gasteiger partial charge in [-0.1, -0.05) is 28.1 Å². The van der Waals surface area contributed by atoms with Crippen molar-refractivity contribution >= 4 is 33.5 Å². The first-order chi connectivity index (χ1) is 10.1. The summed E-state index contributed by atoms with van der Waals surface area (Å²) in [5.41, 5.74) is 3.26. The lowest BCUT2D eigenvalue weighted by Gasteiger charge is -2.09. The first-order valence-corrected chi connectivity index (χ1v) is 8.59. The highest BCUT2D eigenvalue weighted by Gasteiger charge is 2.17. The quantitative estimate of drug-likeness (QED) is 0.572. The molecule has 0 fully saturated rings. The molecule has 0 amide bonds. The molecule has 1 aliphatic heterocycles. The van der Waals surface area contributed by atoms with Gasteiger partial charge in [-0.05, 0) is 36.8 Å². The molecule has 3 rings (SSSR count). The molecule has 2 nitrogen and oxygen atoms in total. The lowest BCUT2D eigenvalue weighted by Crippen LogP contribution is -1.92. The maximum atomic E-state index is 11.3. The zero-order valence-corrected chi connectivity index (χ0v) is 14.1. The van der Waals surface area contributed by atoms with Gasteiger partial charge in [-0.25, -0.2) is 0 Å². The second-order valence-corrected chi connectivity index (χ2v) is 6.99. The smallest absolute Gasteiger partial charge is 0.159 e. The largest absolute Gasteiger partial charge is 0.493 e. The van der Waals surface area contributed by atoms with E-state index in [1.54, 1.807) is 18.7 Å². The standard InChI is InChI=1S/C17H15BrO2S/c1-11(19)12-2-4-16(5-3-12)21-10-14-9-15(18)8-13-6-7-20-17(13)14/h2-5,8-9H,6-7,10H2,1H3. The van der Waals surface area contributed by atoms with Crippen LogP contribution in [0.15, 0.2) is 45.8 Å². The van der Waals surface area contributed by atoms with Gasteiger partial charge in [0.1, 0.15) is 5.75 Å². The zero-order valence-electron chi connectivity index (χ0n) is 11.7. The minimum atomic E-state index is 0.102. The Labute approximate surface area is 137 Å². The van der Waals surface area contributed by atoms with E-state index in [1.807, 2.05) is 24.3 Å². The van der Waals surface area contributed by atoms with Crippen molar-refractivity contribution in [2.75, 3.05) is 6.61 Å². The minimum Gasteiger partial charge on any atom is -0.493 e. The van der Waals surface area contributed by atoms with Gasteiger partial charge in [0.15, 0.2) is 5.78 Å². The van der Waals surface area contributed by atoms with Gasteiger partial charge in [-0.3, -0.25) is 4.79 Å². The Balaban J connectivity index is 1.75. The molecule has 0 spiro atoms. The topological polar surface area (TPSA) is 26.3 Å². The highest BCUT2D eigenvalue weighted by atomic mass is 79.9. The molecule has 0 radical (unpaired) electrons. The minimum absolute atomic E-state index is 0.102. The fraction of sp³-hybridized carbons (Fsp3) is 0.235. The van der Waals surface area contributed by atoms with Crippen LogP contribution >= 0.6 is 27.7 Å². The van der Waals surface area contributed by atoms with E-state index in [1.165, 1.54) is 11.1 Å². The summed E-state index contributed by atoms with van der Waals surface area (Å²) >= 11 is 5.32. The molecule has 0 aliphatic carbocycles. The molecular formula is C17H15BrO2S. The summed E-state index contributed by atoms with van der Waals surface area (Å²) in [7, 11) is 0. The van der Waals surface area contributed by atoms with Crippen molar-refractivity contribution in [1.29, 1.82) is 0 Å². The fourth-order valence-corrected chi connectivity index (χ4v) is 3.82. The van der Waals surface area contributed by atoms with Crippen LogP contribution in [0.1, 0.15) is 28.4 Å². The van der Waals surface area contributed by atoms with Crippen LogP contribution in [0.25, 0.3) is 0 Å². The predicted molar refractivity (Wildman–Crippen MR) is 89.3 cm³/mol. The Bertz CT molecular complexity index is 680. The highest BCUT2D eigenvalue weighted by Crippen LogP contribution is 2.36. The van der Waals surface area contributed by atoms with Crippen LogP contribution in [0, 0.1) is 0 Å². The van der Waals surface area contributed by atoms with E-state index in [0.29, 0.717) is 0 Å². The molecule has 0 atom stereocenters. The molecule has 2 aromatic rings. The summed E-state index contributed by atoms with van der Waals surface area (Å²) in [5.74, 6) is 2.01. The average molecular weight is 363 g/mol. The molecule has 108 valence electrons. The molecule has 1 aliphatic rings. The SMILES string of the molecule is CC(=O)c1ccc(SCc2cc(Br)cc3c2OCC3)cc1. The first kappa shape index (κ1) is 14.7. The van der Waals surface area contributed by atoms with E-state index >= 15 is 0 Å². The zero-order chi connectivity index (χ0) is 14.8. The molecule has 0 unspecified atom stereocenters. The Hall–Kier alpha value is -1.26. The second-order valence-electron chi connectivity index (χ2n) is 5.02. The summed E-state index contributed by atoms with van der Waals surface area (Å²) in [6.07, 6.45) is 0.986. The van der Waals surface area contributed by atoms with Gasteiger partial charge >= 0.3 is 0 Å². The Morgan fingerprint density at radius 2 is 2.05 bits per heavy atom. The number of carbonyl (C=O) groups excluding carboxylic acids is 1. The van der Waals surface area contributed by atoms with E-state index in [2.05, 4.69) is 28.1 Å². The van der Waals surface area contributed by atoms with Crippen molar-refractivity contribution in [2.45, 2.75) is 24.0 Å². The summed E-state index contributed by atoms with van der Waals surface area (Å²) in [5, 5.41) is 0. The number of Topliss-reactive ketones (excluding diaryl/α,β-unsaturated/α-hetero) is 1. The van der Waals surface area contributed by atoms with E-state index in [4.69, 9.17) is 4.74 Å². The van der Waals surface area contributed by atoms with Gasteiger partial charge in [0, 0.05) is 32.7 Å². The molecule has 4 heteroatoms. The number of hydrogen-bond donors (Lipinski definition) is 0. The normalized spacial score (nSPS) is 12.9. The van der Waals surface area contributed by atoms with Crippen LogP contribution in [0.4, 0.5) is 0 Å². The summed E-state index contributed by atoms with van der Waals surface area (Å²) < 4.78 is 6.85. The van der Waals surface area contributed by atoms with E-state index in [-0.39, 0.29) is 5.78 Å². The molecule has 0 bridgehead atoms. The number of ketones is 1. The molecule has 0 N–H and O–H groups in total. The predicted octanol–water partition coefficient (Wildman–Crippen LogP) is 4.88. The van der Waals surface area contributed by atoms with Gasteiger partial charge in [-0.15, -0.1) is 11.8 Å². The molecule has 0 aromatic heterocycles. The van der Waals surface area contributed by atoms with Crippen molar-refractivity contribution in [3.05, 3.63) is 57.6 Å². The molecular weight excluding hydrogens is 348 g/mol. The first-order valence-electron chi connectivity index (χ1n) is 6.81. The third kappa shape index (κ3) is 3.33. The van der Waals surface area contributed by atoms with Gasteiger partial charge in [0.2, 0.25) is 0 Å². The maximum Gasteiger partial charge on any atom is 0.159 e. The third-order valence-electron chi connectivity index (χ3n) is 3.48. The van der Waals surface area contributed by atoms with Crippen molar-refractivity contribution in [2.24, 2.45) is 0 Å². The summed E-state index contributed by atoms with van der Waals surface area (Å²) in [6, 6.07) is 12.0. The van der Waals surface area contributed by atoms with Crippen LogP contribution < -0.4 is 4.74 Å². The number of carbonyl (C=O) groups is 1. The number of fused-ring (bicyclic) bond motifs is 1. The van der Waals surface area contributed by atoms with Crippen LogP contribution in [-0.2, 0) is 12.2 Å². The van der Waals surface area contributed by atoms with Crippen LogP contribution in [0.5, 0.6) is 5.75 Å². The lowest BCUT2D eigenvalue weighted by molar-refractivity contribution is 0.101. The number of rotatable bonds is 4. The number of benzene rings is 2. The lowest BCUT2D eigenvalue weighted by atomic mass is 10.1. The van der Waals surface area contributed by atoms with Crippen molar-refractivity contribution in [3.63, 3.8) is 0 Å².